The molecule has 80 valence electrons. The van der Waals surface area contributed by atoms with Crippen LogP contribution in [0.5, 0.6) is 0 Å². The van der Waals surface area contributed by atoms with Crippen molar-refractivity contribution < 1.29 is 9.90 Å². The lowest BCUT2D eigenvalue weighted by Gasteiger charge is -2.15. The fourth-order valence-corrected chi connectivity index (χ4v) is 1.86. The highest BCUT2D eigenvalue weighted by Gasteiger charge is 2.39. The molecule has 0 saturated carbocycles. The van der Waals surface area contributed by atoms with Crippen molar-refractivity contribution in [3.63, 3.8) is 0 Å². The molecule has 0 bridgehead atoms. The topological polar surface area (TPSA) is 74.2 Å². The van der Waals surface area contributed by atoms with Crippen LogP contribution in [-0.2, 0) is 4.79 Å². The zero-order chi connectivity index (χ0) is 10.8. The normalized spacial score (nSPS) is 30.3. The molecule has 0 amide bonds. The van der Waals surface area contributed by atoms with Crippen molar-refractivity contribution in [3.05, 3.63) is 30.1 Å². The van der Waals surface area contributed by atoms with Crippen LogP contribution in [0, 0.1) is 5.92 Å². The van der Waals surface area contributed by atoms with Crippen LogP contribution >= 0.6 is 0 Å². The molecule has 1 aromatic heterocycles. The SMILES string of the molecule is CC1NNC(c2ccccn2)C1C(=O)O. The van der Waals surface area contributed by atoms with Crippen LogP contribution < -0.4 is 10.9 Å². The molecule has 5 heteroatoms. The van der Waals surface area contributed by atoms with Gasteiger partial charge in [0.15, 0.2) is 0 Å². The largest absolute Gasteiger partial charge is 0.481 e. The van der Waals surface area contributed by atoms with Crippen molar-refractivity contribution in [3.8, 4) is 0 Å². The minimum absolute atomic E-state index is 0.102. The number of carboxylic acid groups (broad SMARTS) is 1. The van der Waals surface area contributed by atoms with Crippen LogP contribution in [-0.4, -0.2) is 22.1 Å². The van der Waals surface area contributed by atoms with Crippen molar-refractivity contribution in [1.82, 2.24) is 15.8 Å². The number of pyridine rings is 1. The molecule has 0 spiro atoms. The van der Waals surface area contributed by atoms with Crippen molar-refractivity contribution in [2.24, 2.45) is 5.92 Å². The molecule has 1 fully saturated rings. The van der Waals surface area contributed by atoms with E-state index in [9.17, 15) is 4.79 Å². The summed E-state index contributed by atoms with van der Waals surface area (Å²) in [4.78, 5) is 15.2. The summed E-state index contributed by atoms with van der Waals surface area (Å²) < 4.78 is 0. The van der Waals surface area contributed by atoms with E-state index in [1.165, 1.54) is 0 Å². The summed E-state index contributed by atoms with van der Waals surface area (Å²) in [5.74, 6) is -1.30. The summed E-state index contributed by atoms with van der Waals surface area (Å²) in [6.07, 6.45) is 1.67. The molecule has 2 rings (SSSR count). The Kier molecular flexibility index (Phi) is 2.66. The lowest BCUT2D eigenvalue weighted by atomic mass is 9.93. The average Bonchev–Trinajstić information content (AvgIpc) is 2.61. The van der Waals surface area contributed by atoms with Crippen molar-refractivity contribution in [2.45, 2.75) is 19.0 Å². The number of carbonyl (C=O) groups is 1. The maximum absolute atomic E-state index is 11.1. The van der Waals surface area contributed by atoms with Gasteiger partial charge in [-0.25, -0.2) is 5.43 Å². The summed E-state index contributed by atoms with van der Waals surface area (Å²) >= 11 is 0. The van der Waals surface area contributed by atoms with E-state index in [1.54, 1.807) is 6.20 Å². The first-order valence-corrected chi connectivity index (χ1v) is 4.85. The van der Waals surface area contributed by atoms with E-state index in [0.29, 0.717) is 0 Å². The van der Waals surface area contributed by atoms with Gasteiger partial charge >= 0.3 is 5.97 Å². The highest BCUT2D eigenvalue weighted by molar-refractivity contribution is 5.72. The molecule has 0 aromatic carbocycles. The van der Waals surface area contributed by atoms with Crippen LogP contribution in [0.25, 0.3) is 0 Å². The number of hydrogen-bond donors (Lipinski definition) is 3. The minimum Gasteiger partial charge on any atom is -0.481 e. The second kappa shape index (κ2) is 3.96. The quantitative estimate of drug-likeness (QED) is 0.651. The number of carboxylic acids is 1. The van der Waals surface area contributed by atoms with Gasteiger partial charge in [0.05, 0.1) is 17.7 Å². The van der Waals surface area contributed by atoms with Gasteiger partial charge in [-0.2, -0.15) is 0 Å². The standard InChI is InChI=1S/C10H13N3O2/c1-6-8(10(14)15)9(13-12-6)7-4-2-3-5-11-7/h2-6,8-9,12-13H,1H3,(H,14,15). The Morgan fingerprint density at radius 1 is 1.47 bits per heavy atom. The first-order chi connectivity index (χ1) is 7.20. The monoisotopic (exact) mass is 207 g/mol. The minimum atomic E-state index is -0.810. The predicted octanol–water partition coefficient (Wildman–Crippen LogP) is 0.320. The van der Waals surface area contributed by atoms with E-state index in [4.69, 9.17) is 5.11 Å². The predicted molar refractivity (Wildman–Crippen MR) is 53.8 cm³/mol. The number of nitrogens with one attached hydrogen (secondary N) is 2. The highest BCUT2D eigenvalue weighted by atomic mass is 16.4. The summed E-state index contributed by atoms with van der Waals surface area (Å²) in [5.41, 5.74) is 6.64. The van der Waals surface area contributed by atoms with E-state index in [2.05, 4.69) is 15.8 Å². The van der Waals surface area contributed by atoms with Gasteiger partial charge in [0.2, 0.25) is 0 Å². The Bertz CT molecular complexity index is 355. The van der Waals surface area contributed by atoms with Gasteiger partial charge in [0.25, 0.3) is 0 Å². The van der Waals surface area contributed by atoms with E-state index < -0.39 is 11.9 Å². The van der Waals surface area contributed by atoms with E-state index in [1.807, 2.05) is 25.1 Å². The molecule has 5 nitrogen and oxygen atoms in total. The molecule has 1 aliphatic heterocycles. The highest BCUT2D eigenvalue weighted by Crippen LogP contribution is 2.27. The van der Waals surface area contributed by atoms with Crippen LogP contribution in [0.15, 0.2) is 24.4 Å². The maximum atomic E-state index is 11.1. The molecular weight excluding hydrogens is 194 g/mol. The Morgan fingerprint density at radius 2 is 2.27 bits per heavy atom. The third-order valence-electron chi connectivity index (χ3n) is 2.66. The lowest BCUT2D eigenvalue weighted by molar-refractivity contribution is -0.142. The Labute approximate surface area is 87.5 Å². The van der Waals surface area contributed by atoms with Gasteiger partial charge in [0, 0.05) is 12.2 Å². The smallest absolute Gasteiger partial charge is 0.310 e. The van der Waals surface area contributed by atoms with Gasteiger partial charge in [-0.3, -0.25) is 15.2 Å². The molecule has 0 radical (unpaired) electrons. The Hall–Kier alpha value is -1.46. The molecule has 0 aliphatic carbocycles. The van der Waals surface area contributed by atoms with Gasteiger partial charge in [-0.05, 0) is 19.1 Å². The zero-order valence-electron chi connectivity index (χ0n) is 8.34. The van der Waals surface area contributed by atoms with Gasteiger partial charge in [-0.1, -0.05) is 6.07 Å². The number of aliphatic carboxylic acids is 1. The first-order valence-electron chi connectivity index (χ1n) is 4.85. The molecule has 1 saturated heterocycles. The van der Waals surface area contributed by atoms with E-state index in [0.717, 1.165) is 5.69 Å². The van der Waals surface area contributed by atoms with Crippen molar-refractivity contribution in [2.75, 3.05) is 0 Å². The molecule has 1 aromatic rings. The average molecular weight is 207 g/mol. The van der Waals surface area contributed by atoms with Crippen LogP contribution in [0.1, 0.15) is 18.7 Å². The van der Waals surface area contributed by atoms with E-state index >= 15 is 0 Å². The van der Waals surface area contributed by atoms with E-state index in [-0.39, 0.29) is 12.1 Å². The molecule has 1 aliphatic rings. The third kappa shape index (κ3) is 1.84. The summed E-state index contributed by atoms with van der Waals surface area (Å²) in [6, 6.07) is 5.12. The number of nitrogens with zero attached hydrogens (tertiary/aromatic N) is 1. The van der Waals surface area contributed by atoms with Crippen LogP contribution in [0.3, 0.4) is 0 Å². The van der Waals surface area contributed by atoms with Gasteiger partial charge in [-0.15, -0.1) is 0 Å². The molecule has 3 N–H and O–H groups in total. The summed E-state index contributed by atoms with van der Waals surface area (Å²) in [6.45, 7) is 1.84. The van der Waals surface area contributed by atoms with Gasteiger partial charge < -0.3 is 5.11 Å². The number of rotatable bonds is 2. The van der Waals surface area contributed by atoms with Crippen LogP contribution in [0.4, 0.5) is 0 Å². The maximum Gasteiger partial charge on any atom is 0.310 e. The summed E-state index contributed by atoms with van der Waals surface area (Å²) in [7, 11) is 0. The second-order valence-corrected chi connectivity index (χ2v) is 3.67. The second-order valence-electron chi connectivity index (χ2n) is 3.67. The molecule has 2 heterocycles. The number of hydrazine groups is 1. The number of hydrogen-bond acceptors (Lipinski definition) is 4. The Balaban J connectivity index is 2.26. The van der Waals surface area contributed by atoms with Gasteiger partial charge in [0.1, 0.15) is 0 Å². The fourth-order valence-electron chi connectivity index (χ4n) is 1.86. The molecule has 3 atom stereocenters. The zero-order valence-corrected chi connectivity index (χ0v) is 8.34. The first kappa shape index (κ1) is 10.1. The molecular formula is C10H13N3O2. The summed E-state index contributed by atoms with van der Waals surface area (Å²) in [5, 5.41) is 9.11. The van der Waals surface area contributed by atoms with Crippen LogP contribution in [0.2, 0.25) is 0 Å². The van der Waals surface area contributed by atoms with Crippen molar-refractivity contribution >= 4 is 5.97 Å². The third-order valence-corrected chi connectivity index (χ3v) is 2.66. The van der Waals surface area contributed by atoms with Crippen molar-refractivity contribution in [1.29, 1.82) is 0 Å². The molecule has 3 unspecified atom stereocenters. The Morgan fingerprint density at radius 3 is 2.87 bits per heavy atom. The fraction of sp³-hybridized carbons (Fsp3) is 0.400. The number of aromatic nitrogens is 1. The lowest BCUT2D eigenvalue weighted by Crippen LogP contribution is -2.30. The molecule has 15 heavy (non-hydrogen) atoms.